The highest BCUT2D eigenvalue weighted by molar-refractivity contribution is 5.74. The van der Waals surface area contributed by atoms with Crippen LogP contribution in [0.1, 0.15) is 278 Å². The van der Waals surface area contributed by atoms with Crippen LogP contribution < -0.4 is 0 Å². The predicted octanol–water partition coefficient (Wildman–Crippen LogP) is 15.8. The summed E-state index contributed by atoms with van der Waals surface area (Å²) in [5, 5.41) is 31.5. The molecule has 1 heterocycles. The Labute approximate surface area is 456 Å². The Kier molecular flexibility index (Phi) is 47.8. The van der Waals surface area contributed by atoms with Crippen LogP contribution in [0, 0.1) is 0 Å². The first-order valence-corrected chi connectivity index (χ1v) is 30.6. The normalized spacial score (nSPS) is 18.4. The van der Waals surface area contributed by atoms with Gasteiger partial charge in [0.2, 0.25) is 0 Å². The largest absolute Gasteiger partial charge is 0.479 e. The van der Waals surface area contributed by atoms with Crippen molar-refractivity contribution in [3.8, 4) is 0 Å². The van der Waals surface area contributed by atoms with Crippen molar-refractivity contribution in [2.75, 3.05) is 13.2 Å². The summed E-state index contributed by atoms with van der Waals surface area (Å²) in [7, 11) is 0. The lowest BCUT2D eigenvalue weighted by atomic mass is 9.98. The van der Waals surface area contributed by atoms with Gasteiger partial charge in [-0.3, -0.25) is 14.4 Å². The van der Waals surface area contributed by atoms with E-state index in [0.29, 0.717) is 19.3 Å². The second-order valence-corrected chi connectivity index (χ2v) is 21.0. The van der Waals surface area contributed by atoms with Crippen LogP contribution in [0.15, 0.2) is 48.6 Å². The predicted molar refractivity (Wildman–Crippen MR) is 303 cm³/mol. The Balaban J connectivity index is 2.69. The molecule has 12 nitrogen and oxygen atoms in total. The molecule has 6 atom stereocenters. The average molecular weight is 1060 g/mol. The van der Waals surface area contributed by atoms with Crippen LogP contribution >= 0.6 is 0 Å². The molecule has 0 amide bonds. The molecule has 0 aromatic rings. The van der Waals surface area contributed by atoms with Gasteiger partial charge in [-0.1, -0.05) is 249 Å². The number of carbonyl (C=O) groups excluding carboxylic acids is 3. The quantitative estimate of drug-likeness (QED) is 0.0228. The van der Waals surface area contributed by atoms with Crippen molar-refractivity contribution in [1.82, 2.24) is 0 Å². The third-order valence-corrected chi connectivity index (χ3v) is 13.9. The third kappa shape index (κ3) is 41.5. The van der Waals surface area contributed by atoms with E-state index in [2.05, 4.69) is 69.4 Å². The molecule has 75 heavy (non-hydrogen) atoms. The number of carboxylic acid groups (broad SMARTS) is 1. The van der Waals surface area contributed by atoms with Crippen molar-refractivity contribution in [2.24, 2.45) is 0 Å². The van der Waals surface area contributed by atoms with Crippen LogP contribution in [0.2, 0.25) is 0 Å². The molecule has 0 aromatic heterocycles. The zero-order chi connectivity index (χ0) is 54.7. The van der Waals surface area contributed by atoms with Crippen molar-refractivity contribution < 1.29 is 58.2 Å². The number of allylic oxidation sites excluding steroid dienone is 8. The Morgan fingerprint density at radius 1 is 0.453 bits per heavy atom. The summed E-state index contributed by atoms with van der Waals surface area (Å²) in [4.78, 5) is 51.2. The first-order valence-electron chi connectivity index (χ1n) is 30.6. The van der Waals surface area contributed by atoms with E-state index in [9.17, 15) is 34.5 Å². The highest BCUT2D eigenvalue weighted by Gasteiger charge is 2.50. The van der Waals surface area contributed by atoms with Crippen LogP contribution in [-0.4, -0.2) is 89.2 Å². The van der Waals surface area contributed by atoms with E-state index in [1.165, 1.54) is 122 Å². The minimum absolute atomic E-state index is 0.0624. The number of aliphatic carboxylic acids is 1. The minimum atomic E-state index is -1.90. The SMILES string of the molecule is CC/C=C\C/C=C\C/C=C\C/C=C\CCCCCCC(=O)OCC(COC1OC(C(=O)O)C(O)C(O)C1OC(=O)CCCCCCCCCCCCCCC)OC(=O)CCCCCCCCCCCCCCCCC. The Morgan fingerprint density at radius 3 is 1.28 bits per heavy atom. The molecule has 1 fully saturated rings. The monoisotopic (exact) mass is 1060 g/mol. The lowest BCUT2D eigenvalue weighted by Crippen LogP contribution is -2.61. The van der Waals surface area contributed by atoms with E-state index < -0.39 is 67.3 Å². The van der Waals surface area contributed by atoms with Crippen molar-refractivity contribution >= 4 is 23.9 Å². The molecule has 6 unspecified atom stereocenters. The summed E-state index contributed by atoms with van der Waals surface area (Å²) in [6.45, 7) is 5.88. The van der Waals surface area contributed by atoms with Crippen LogP contribution in [-0.2, 0) is 42.9 Å². The summed E-state index contributed by atoms with van der Waals surface area (Å²) in [6, 6.07) is 0. The molecule has 1 aliphatic rings. The Hall–Kier alpha value is -3.32. The maximum absolute atomic E-state index is 13.2. The van der Waals surface area contributed by atoms with E-state index in [1.807, 2.05) is 0 Å². The van der Waals surface area contributed by atoms with Gasteiger partial charge >= 0.3 is 23.9 Å². The lowest BCUT2D eigenvalue weighted by molar-refractivity contribution is -0.301. The first kappa shape index (κ1) is 69.7. The molecule has 0 bridgehead atoms. The molecule has 0 saturated carbocycles. The second kappa shape index (κ2) is 51.4. The maximum atomic E-state index is 13.2. The molecule has 3 N–H and O–H groups in total. The molecule has 1 saturated heterocycles. The number of ether oxygens (including phenoxy) is 5. The Morgan fingerprint density at radius 2 is 0.840 bits per heavy atom. The smallest absolute Gasteiger partial charge is 0.335 e. The highest BCUT2D eigenvalue weighted by Crippen LogP contribution is 2.27. The molecular weight excluding hydrogens is 949 g/mol. The minimum Gasteiger partial charge on any atom is -0.479 e. The van der Waals surface area contributed by atoms with Crippen molar-refractivity contribution in [2.45, 2.75) is 314 Å². The van der Waals surface area contributed by atoms with Gasteiger partial charge in [0.05, 0.1) is 6.61 Å². The number of hydrogen-bond acceptors (Lipinski definition) is 11. The third-order valence-electron chi connectivity index (χ3n) is 13.9. The van der Waals surface area contributed by atoms with E-state index >= 15 is 0 Å². The lowest BCUT2D eigenvalue weighted by Gasteiger charge is -2.40. The van der Waals surface area contributed by atoms with Gasteiger partial charge in [0.1, 0.15) is 18.8 Å². The van der Waals surface area contributed by atoms with E-state index in [0.717, 1.165) is 96.3 Å². The average Bonchev–Trinajstić information content (AvgIpc) is 3.39. The number of esters is 3. The molecular formula is C63H110O12. The number of aliphatic hydroxyl groups is 2. The van der Waals surface area contributed by atoms with E-state index in [1.54, 1.807) is 0 Å². The summed E-state index contributed by atoms with van der Waals surface area (Å²) >= 11 is 0. The van der Waals surface area contributed by atoms with Crippen LogP contribution in [0.5, 0.6) is 0 Å². The highest BCUT2D eigenvalue weighted by atomic mass is 16.7. The van der Waals surface area contributed by atoms with Gasteiger partial charge < -0.3 is 39.0 Å². The van der Waals surface area contributed by atoms with Crippen LogP contribution in [0.25, 0.3) is 0 Å². The van der Waals surface area contributed by atoms with Crippen molar-refractivity contribution in [3.63, 3.8) is 0 Å². The zero-order valence-corrected chi connectivity index (χ0v) is 47.8. The van der Waals surface area contributed by atoms with Crippen molar-refractivity contribution in [3.05, 3.63) is 48.6 Å². The number of unbranched alkanes of at least 4 members (excludes halogenated alkanes) is 30. The molecule has 12 heteroatoms. The van der Waals surface area contributed by atoms with Crippen LogP contribution in [0.4, 0.5) is 0 Å². The standard InChI is InChI=1S/C63H110O12/c1-4-7-10-13-16-19-22-25-27-28-30-32-34-37-40-43-46-49-55(64)71-52-54(73-56(65)50-47-44-41-38-36-33-29-26-23-20-17-14-11-8-5-2)53-72-63-61(59(68)58(67)60(75-63)62(69)70)74-57(66)51-48-45-42-39-35-31-24-21-18-15-12-9-6-3/h7,10,16,19,25,27,30,32,54,58-61,63,67-68H,4-6,8-9,11-15,17-18,20-24,26,28-29,31,33-53H2,1-3H3,(H,69,70)/b10-7-,19-16-,27-25-,32-30-. The molecule has 1 aliphatic heterocycles. The maximum Gasteiger partial charge on any atom is 0.335 e. The first-order chi connectivity index (χ1) is 36.6. The topological polar surface area (TPSA) is 175 Å². The fourth-order valence-corrected chi connectivity index (χ4v) is 9.24. The van der Waals surface area contributed by atoms with Gasteiger partial charge in [0.25, 0.3) is 0 Å². The molecule has 0 radical (unpaired) electrons. The summed E-state index contributed by atoms with van der Waals surface area (Å²) in [5.41, 5.74) is 0. The van der Waals surface area contributed by atoms with Gasteiger partial charge in [-0.15, -0.1) is 0 Å². The van der Waals surface area contributed by atoms with Gasteiger partial charge in [-0.2, -0.15) is 0 Å². The molecule has 0 spiro atoms. The molecule has 0 aliphatic carbocycles. The van der Waals surface area contributed by atoms with Crippen molar-refractivity contribution in [1.29, 1.82) is 0 Å². The number of rotatable bonds is 52. The fraction of sp³-hybridized carbons (Fsp3) is 0.810. The fourth-order valence-electron chi connectivity index (χ4n) is 9.24. The van der Waals surface area contributed by atoms with Gasteiger partial charge in [-0.25, -0.2) is 4.79 Å². The van der Waals surface area contributed by atoms with E-state index in [-0.39, 0.29) is 25.9 Å². The van der Waals surface area contributed by atoms with Gasteiger partial charge in [0.15, 0.2) is 24.6 Å². The second-order valence-electron chi connectivity index (χ2n) is 21.0. The Bertz CT molecular complexity index is 1490. The summed E-state index contributed by atoms with van der Waals surface area (Å²) in [5.74, 6) is -3.12. The van der Waals surface area contributed by atoms with Gasteiger partial charge in [0, 0.05) is 19.3 Å². The molecule has 0 aromatic carbocycles. The zero-order valence-electron chi connectivity index (χ0n) is 47.8. The van der Waals surface area contributed by atoms with Gasteiger partial charge in [-0.05, 0) is 57.8 Å². The number of carboxylic acids is 1. The molecule has 434 valence electrons. The summed E-state index contributed by atoms with van der Waals surface area (Å²) in [6.07, 6.45) is 49.3. The number of hydrogen-bond donors (Lipinski definition) is 3. The van der Waals surface area contributed by atoms with E-state index in [4.69, 9.17) is 23.7 Å². The summed E-state index contributed by atoms with van der Waals surface area (Å²) < 4.78 is 28.5. The number of aliphatic hydroxyl groups excluding tert-OH is 2. The van der Waals surface area contributed by atoms with Crippen LogP contribution in [0.3, 0.4) is 0 Å². The number of carbonyl (C=O) groups is 4. The molecule has 1 rings (SSSR count).